The number of benzene rings is 1. The van der Waals surface area contributed by atoms with Crippen LogP contribution in [0.25, 0.3) is 0 Å². The quantitative estimate of drug-likeness (QED) is 0.794. The highest BCUT2D eigenvalue weighted by molar-refractivity contribution is 5.56. The summed E-state index contributed by atoms with van der Waals surface area (Å²) < 4.78 is 0. The van der Waals surface area contributed by atoms with Gasteiger partial charge in [-0.2, -0.15) is 0 Å². The Morgan fingerprint density at radius 1 is 1.44 bits per heavy atom. The molecule has 1 atom stereocenters. The molecule has 0 saturated carbocycles. The van der Waals surface area contributed by atoms with Gasteiger partial charge >= 0.3 is 0 Å². The number of fused-ring (bicyclic) bond motifs is 1. The zero-order chi connectivity index (χ0) is 11.4. The molecule has 2 heteroatoms. The summed E-state index contributed by atoms with van der Waals surface area (Å²) in [6.07, 6.45) is 3.52. The second-order valence-corrected chi connectivity index (χ2v) is 4.68. The molecule has 0 amide bonds. The smallest absolute Gasteiger partial charge is 0.0373 e. The van der Waals surface area contributed by atoms with Gasteiger partial charge < -0.3 is 10.6 Å². The van der Waals surface area contributed by atoms with Crippen molar-refractivity contribution >= 4 is 5.69 Å². The maximum Gasteiger partial charge on any atom is 0.0373 e. The minimum absolute atomic E-state index is 0.635. The third-order valence-electron chi connectivity index (χ3n) is 3.40. The molecule has 2 nitrogen and oxygen atoms in total. The molecule has 88 valence electrons. The van der Waals surface area contributed by atoms with E-state index in [1.54, 1.807) is 0 Å². The fourth-order valence-electron chi connectivity index (χ4n) is 2.12. The van der Waals surface area contributed by atoms with Gasteiger partial charge in [0.1, 0.15) is 0 Å². The summed E-state index contributed by atoms with van der Waals surface area (Å²) >= 11 is 0. The molecule has 2 rings (SSSR count). The molecule has 1 aromatic rings. The van der Waals surface area contributed by atoms with Gasteiger partial charge in [-0.25, -0.2) is 0 Å². The Labute approximate surface area is 98.4 Å². The van der Waals surface area contributed by atoms with Gasteiger partial charge in [0.05, 0.1) is 0 Å². The minimum Gasteiger partial charge on any atom is -0.384 e. The van der Waals surface area contributed by atoms with Gasteiger partial charge in [0, 0.05) is 18.3 Å². The third kappa shape index (κ3) is 2.76. The van der Waals surface area contributed by atoms with E-state index in [2.05, 4.69) is 42.7 Å². The minimum atomic E-state index is 0.635. The van der Waals surface area contributed by atoms with Crippen molar-refractivity contribution in [3.63, 3.8) is 0 Å². The van der Waals surface area contributed by atoms with Crippen LogP contribution in [0.2, 0.25) is 0 Å². The average molecular weight is 218 g/mol. The van der Waals surface area contributed by atoms with Crippen LogP contribution in [0, 0.1) is 0 Å². The Hall–Kier alpha value is -1.02. The summed E-state index contributed by atoms with van der Waals surface area (Å²) in [5, 5.41) is 6.93. The Morgan fingerprint density at radius 2 is 2.31 bits per heavy atom. The monoisotopic (exact) mass is 218 g/mol. The molecule has 1 aromatic carbocycles. The number of rotatable bonds is 5. The molecule has 0 spiro atoms. The van der Waals surface area contributed by atoms with Crippen LogP contribution in [-0.4, -0.2) is 19.1 Å². The molecule has 0 aliphatic carbocycles. The second kappa shape index (κ2) is 5.35. The standard InChI is InChI=1S/C14H22N2/c1-3-11(2)15-8-6-12-4-5-14-13(10-12)7-9-16-14/h4-5,10-11,15-16H,3,6-9H2,1-2H3. The van der Waals surface area contributed by atoms with E-state index in [1.807, 2.05) is 0 Å². The van der Waals surface area contributed by atoms with Crippen LogP contribution in [0.4, 0.5) is 5.69 Å². The van der Waals surface area contributed by atoms with Crippen molar-refractivity contribution in [3.05, 3.63) is 29.3 Å². The first-order valence-corrected chi connectivity index (χ1v) is 6.38. The van der Waals surface area contributed by atoms with E-state index in [1.165, 1.54) is 29.7 Å². The molecule has 1 aliphatic rings. The topological polar surface area (TPSA) is 24.1 Å². The zero-order valence-electron chi connectivity index (χ0n) is 10.3. The highest BCUT2D eigenvalue weighted by atomic mass is 14.9. The number of nitrogens with one attached hydrogen (secondary N) is 2. The molecule has 0 bridgehead atoms. The van der Waals surface area contributed by atoms with Crippen LogP contribution < -0.4 is 10.6 Å². The molecule has 1 heterocycles. The Bertz CT molecular complexity index is 347. The first-order valence-electron chi connectivity index (χ1n) is 6.38. The van der Waals surface area contributed by atoms with Crippen molar-refractivity contribution in [2.45, 2.75) is 39.2 Å². The molecular weight excluding hydrogens is 196 g/mol. The maximum atomic E-state index is 3.53. The van der Waals surface area contributed by atoms with E-state index in [0.29, 0.717) is 6.04 Å². The lowest BCUT2D eigenvalue weighted by Crippen LogP contribution is -2.27. The molecule has 0 saturated heterocycles. The van der Waals surface area contributed by atoms with Crippen LogP contribution in [0.15, 0.2) is 18.2 Å². The predicted molar refractivity (Wildman–Crippen MR) is 70.1 cm³/mol. The highest BCUT2D eigenvalue weighted by Gasteiger charge is 2.09. The SMILES string of the molecule is CCC(C)NCCc1ccc2c(c1)CCN2. The second-order valence-electron chi connectivity index (χ2n) is 4.68. The zero-order valence-corrected chi connectivity index (χ0v) is 10.3. The van der Waals surface area contributed by atoms with Crippen LogP contribution in [0.1, 0.15) is 31.4 Å². The van der Waals surface area contributed by atoms with E-state index in [-0.39, 0.29) is 0 Å². The largest absolute Gasteiger partial charge is 0.384 e. The van der Waals surface area contributed by atoms with Crippen molar-refractivity contribution in [1.82, 2.24) is 5.32 Å². The molecule has 2 N–H and O–H groups in total. The molecule has 1 aliphatic heterocycles. The van der Waals surface area contributed by atoms with E-state index >= 15 is 0 Å². The van der Waals surface area contributed by atoms with Crippen LogP contribution in [-0.2, 0) is 12.8 Å². The Balaban J connectivity index is 1.86. The molecule has 16 heavy (non-hydrogen) atoms. The number of hydrogen-bond donors (Lipinski definition) is 2. The summed E-state index contributed by atoms with van der Waals surface area (Å²) in [7, 11) is 0. The maximum absolute atomic E-state index is 3.53. The fourth-order valence-corrected chi connectivity index (χ4v) is 2.12. The fraction of sp³-hybridized carbons (Fsp3) is 0.571. The molecule has 0 fully saturated rings. The predicted octanol–water partition coefficient (Wildman–Crippen LogP) is 2.59. The Morgan fingerprint density at radius 3 is 3.12 bits per heavy atom. The lowest BCUT2D eigenvalue weighted by atomic mass is 10.1. The van der Waals surface area contributed by atoms with Gasteiger partial charge in [0.2, 0.25) is 0 Å². The van der Waals surface area contributed by atoms with Gasteiger partial charge in [0.25, 0.3) is 0 Å². The lowest BCUT2D eigenvalue weighted by molar-refractivity contribution is 0.537. The van der Waals surface area contributed by atoms with E-state index < -0.39 is 0 Å². The van der Waals surface area contributed by atoms with Gasteiger partial charge in [-0.3, -0.25) is 0 Å². The average Bonchev–Trinajstić information content (AvgIpc) is 2.76. The van der Waals surface area contributed by atoms with Crippen LogP contribution in [0.3, 0.4) is 0 Å². The van der Waals surface area contributed by atoms with Crippen LogP contribution in [0.5, 0.6) is 0 Å². The van der Waals surface area contributed by atoms with Crippen molar-refractivity contribution in [2.75, 3.05) is 18.4 Å². The first kappa shape index (κ1) is 11.5. The van der Waals surface area contributed by atoms with Crippen molar-refractivity contribution in [3.8, 4) is 0 Å². The van der Waals surface area contributed by atoms with Crippen LogP contribution >= 0.6 is 0 Å². The lowest BCUT2D eigenvalue weighted by Gasteiger charge is -2.11. The summed E-state index contributed by atoms with van der Waals surface area (Å²) in [5.41, 5.74) is 4.28. The van der Waals surface area contributed by atoms with Gasteiger partial charge in [-0.15, -0.1) is 0 Å². The first-order chi connectivity index (χ1) is 7.79. The van der Waals surface area contributed by atoms with Crippen molar-refractivity contribution in [2.24, 2.45) is 0 Å². The summed E-state index contributed by atoms with van der Waals surface area (Å²) in [6.45, 7) is 6.65. The molecule has 0 aromatic heterocycles. The molecular formula is C14H22N2. The third-order valence-corrected chi connectivity index (χ3v) is 3.40. The molecule has 0 radical (unpaired) electrons. The number of hydrogen-bond acceptors (Lipinski definition) is 2. The highest BCUT2D eigenvalue weighted by Crippen LogP contribution is 2.22. The summed E-state index contributed by atoms with van der Waals surface area (Å²) in [5.74, 6) is 0. The van der Waals surface area contributed by atoms with Gasteiger partial charge in [0.15, 0.2) is 0 Å². The van der Waals surface area contributed by atoms with Gasteiger partial charge in [-0.05, 0) is 49.9 Å². The van der Waals surface area contributed by atoms with E-state index in [9.17, 15) is 0 Å². The molecule has 1 unspecified atom stereocenters. The summed E-state index contributed by atoms with van der Waals surface area (Å²) in [4.78, 5) is 0. The summed E-state index contributed by atoms with van der Waals surface area (Å²) in [6, 6.07) is 7.46. The number of anilines is 1. The van der Waals surface area contributed by atoms with Crippen molar-refractivity contribution in [1.29, 1.82) is 0 Å². The van der Waals surface area contributed by atoms with E-state index in [4.69, 9.17) is 0 Å². The van der Waals surface area contributed by atoms with Gasteiger partial charge in [-0.1, -0.05) is 19.1 Å². The Kier molecular flexibility index (Phi) is 3.83. The van der Waals surface area contributed by atoms with E-state index in [0.717, 1.165) is 19.5 Å². The van der Waals surface area contributed by atoms with Crippen molar-refractivity contribution < 1.29 is 0 Å². The normalized spacial score (nSPS) is 15.6.